The molecule has 4 N–H and O–H groups in total. The van der Waals surface area contributed by atoms with Gasteiger partial charge in [-0.15, -0.1) is 0 Å². The molecule has 0 radical (unpaired) electrons. The first-order valence-corrected chi connectivity index (χ1v) is 10.9. The number of benzene rings is 2. The standard InChI is InChI=1S/C25H32N2O4/c26-23(30)25(13-7-8-14-25)24(31)27(21(17-28)15-19-9-3-1-4-10-19)22(18-29)16-20-11-5-2-6-12-20/h1-6,9-12,21-22,28-29H,7-8,13-18H2,(H2,26,30)/t21-,22-/m1/s1. The van der Waals surface area contributed by atoms with Gasteiger partial charge in [0.05, 0.1) is 25.3 Å². The van der Waals surface area contributed by atoms with Crippen molar-refractivity contribution in [2.45, 2.75) is 50.6 Å². The summed E-state index contributed by atoms with van der Waals surface area (Å²) in [6.45, 7) is -0.554. The van der Waals surface area contributed by atoms with Crippen molar-refractivity contribution in [2.75, 3.05) is 13.2 Å². The van der Waals surface area contributed by atoms with Gasteiger partial charge in [0, 0.05) is 0 Å². The van der Waals surface area contributed by atoms with Crippen molar-refractivity contribution >= 4 is 11.8 Å². The van der Waals surface area contributed by atoms with Crippen molar-refractivity contribution in [3.63, 3.8) is 0 Å². The lowest BCUT2D eigenvalue weighted by Gasteiger charge is -2.41. The van der Waals surface area contributed by atoms with E-state index in [0.29, 0.717) is 25.7 Å². The van der Waals surface area contributed by atoms with Crippen molar-refractivity contribution in [3.05, 3.63) is 71.8 Å². The molecule has 0 aliphatic heterocycles. The molecule has 0 saturated heterocycles. The Morgan fingerprint density at radius 2 is 1.26 bits per heavy atom. The van der Waals surface area contributed by atoms with E-state index in [2.05, 4.69) is 0 Å². The van der Waals surface area contributed by atoms with Crippen LogP contribution in [0.2, 0.25) is 0 Å². The summed E-state index contributed by atoms with van der Waals surface area (Å²) in [4.78, 5) is 27.9. The number of primary amides is 1. The molecule has 2 aromatic rings. The highest BCUT2D eigenvalue weighted by Crippen LogP contribution is 2.41. The largest absolute Gasteiger partial charge is 0.394 e. The third-order valence-electron chi connectivity index (χ3n) is 6.41. The molecule has 1 saturated carbocycles. The lowest BCUT2D eigenvalue weighted by Crippen LogP contribution is -2.59. The van der Waals surface area contributed by atoms with E-state index in [9.17, 15) is 19.8 Å². The lowest BCUT2D eigenvalue weighted by atomic mass is 9.82. The molecule has 2 aromatic carbocycles. The van der Waals surface area contributed by atoms with Crippen LogP contribution in [0.25, 0.3) is 0 Å². The molecule has 6 heteroatoms. The van der Waals surface area contributed by atoms with E-state index in [1.54, 1.807) is 4.90 Å². The Kier molecular flexibility index (Phi) is 7.82. The van der Waals surface area contributed by atoms with Gasteiger partial charge in [-0.05, 0) is 36.8 Å². The third-order valence-corrected chi connectivity index (χ3v) is 6.41. The van der Waals surface area contributed by atoms with E-state index in [0.717, 1.165) is 24.0 Å². The molecule has 6 nitrogen and oxygen atoms in total. The fraction of sp³-hybridized carbons (Fsp3) is 0.440. The topological polar surface area (TPSA) is 104 Å². The number of nitrogens with two attached hydrogens (primary N) is 1. The molecule has 2 amide bonds. The molecule has 0 heterocycles. The predicted molar refractivity (Wildman–Crippen MR) is 119 cm³/mol. The summed E-state index contributed by atoms with van der Waals surface area (Å²) in [5.74, 6) is -0.990. The molecule has 1 aliphatic rings. The predicted octanol–water partition coefficient (Wildman–Crippen LogP) is 2.07. The van der Waals surface area contributed by atoms with Gasteiger partial charge in [-0.3, -0.25) is 9.59 Å². The molecule has 0 spiro atoms. The van der Waals surface area contributed by atoms with E-state index in [4.69, 9.17) is 5.73 Å². The average molecular weight is 425 g/mol. The summed E-state index contributed by atoms with van der Waals surface area (Å²) in [7, 11) is 0. The summed E-state index contributed by atoms with van der Waals surface area (Å²) in [6, 6.07) is 18.1. The molecule has 0 bridgehead atoms. The fourth-order valence-electron chi connectivity index (χ4n) is 4.70. The second kappa shape index (κ2) is 10.6. The first-order chi connectivity index (χ1) is 15.0. The maximum Gasteiger partial charge on any atom is 0.238 e. The van der Waals surface area contributed by atoms with Crippen molar-refractivity contribution in [3.8, 4) is 0 Å². The van der Waals surface area contributed by atoms with Gasteiger partial charge in [-0.1, -0.05) is 73.5 Å². The zero-order chi connectivity index (χ0) is 22.3. The highest BCUT2D eigenvalue weighted by atomic mass is 16.3. The summed E-state index contributed by atoms with van der Waals surface area (Å²) in [6.07, 6.45) is 3.17. The summed E-state index contributed by atoms with van der Waals surface area (Å²) in [5, 5.41) is 20.6. The maximum absolute atomic E-state index is 13.9. The van der Waals surface area contributed by atoms with Gasteiger partial charge < -0.3 is 20.8 Å². The number of rotatable bonds is 10. The van der Waals surface area contributed by atoms with Crippen LogP contribution in [0.15, 0.2) is 60.7 Å². The van der Waals surface area contributed by atoms with Gasteiger partial charge in [0.15, 0.2) is 0 Å². The average Bonchev–Trinajstić information content (AvgIpc) is 3.30. The van der Waals surface area contributed by atoms with Gasteiger partial charge in [0.25, 0.3) is 0 Å². The summed E-state index contributed by atoms with van der Waals surface area (Å²) >= 11 is 0. The molecular formula is C25H32N2O4. The third kappa shape index (κ3) is 5.14. The molecule has 0 unspecified atom stereocenters. The first-order valence-electron chi connectivity index (χ1n) is 10.9. The Bertz CT molecular complexity index is 801. The first kappa shape index (κ1) is 23.0. The maximum atomic E-state index is 13.9. The number of carbonyl (C=O) groups excluding carboxylic acids is 2. The highest BCUT2D eigenvalue weighted by Gasteiger charge is 2.50. The van der Waals surface area contributed by atoms with E-state index < -0.39 is 23.4 Å². The van der Waals surface area contributed by atoms with Crippen molar-refractivity contribution in [1.29, 1.82) is 0 Å². The van der Waals surface area contributed by atoms with Crippen LogP contribution < -0.4 is 5.73 Å². The lowest BCUT2D eigenvalue weighted by molar-refractivity contribution is -0.155. The second-order valence-electron chi connectivity index (χ2n) is 8.42. The van der Waals surface area contributed by atoms with E-state index in [1.807, 2.05) is 60.7 Å². The highest BCUT2D eigenvalue weighted by molar-refractivity contribution is 6.05. The molecule has 1 aliphatic carbocycles. The van der Waals surface area contributed by atoms with Crippen LogP contribution in [0.4, 0.5) is 0 Å². The van der Waals surface area contributed by atoms with Crippen LogP contribution in [0, 0.1) is 5.41 Å². The Morgan fingerprint density at radius 3 is 1.61 bits per heavy atom. The zero-order valence-corrected chi connectivity index (χ0v) is 17.8. The quantitative estimate of drug-likeness (QED) is 0.508. The van der Waals surface area contributed by atoms with Gasteiger partial charge in [-0.2, -0.15) is 0 Å². The minimum absolute atomic E-state index is 0.277. The summed E-state index contributed by atoms with van der Waals surface area (Å²) in [5.41, 5.74) is 6.41. The molecule has 3 rings (SSSR count). The Balaban J connectivity index is 1.98. The van der Waals surface area contributed by atoms with Crippen LogP contribution in [-0.2, 0) is 22.4 Å². The molecule has 1 fully saturated rings. The zero-order valence-electron chi connectivity index (χ0n) is 17.8. The van der Waals surface area contributed by atoms with Crippen LogP contribution in [0.5, 0.6) is 0 Å². The molecule has 0 aromatic heterocycles. The van der Waals surface area contributed by atoms with Crippen LogP contribution in [0.1, 0.15) is 36.8 Å². The van der Waals surface area contributed by atoms with Crippen molar-refractivity contribution in [1.82, 2.24) is 4.90 Å². The van der Waals surface area contributed by atoms with Crippen molar-refractivity contribution < 1.29 is 19.8 Å². The van der Waals surface area contributed by atoms with Gasteiger partial charge in [-0.25, -0.2) is 0 Å². The van der Waals surface area contributed by atoms with E-state index in [1.165, 1.54) is 0 Å². The molecular weight excluding hydrogens is 392 g/mol. The minimum atomic E-state index is -1.27. The van der Waals surface area contributed by atoms with Gasteiger partial charge in [0.2, 0.25) is 11.8 Å². The van der Waals surface area contributed by atoms with Crippen molar-refractivity contribution in [2.24, 2.45) is 11.1 Å². The number of carbonyl (C=O) groups is 2. The SMILES string of the molecule is NC(=O)C1(C(=O)N([C@@H](CO)Cc2ccccc2)[C@@H](CO)Cc2ccccc2)CCCC1. The Hall–Kier alpha value is -2.70. The van der Waals surface area contributed by atoms with Crippen LogP contribution >= 0.6 is 0 Å². The number of nitrogens with zero attached hydrogens (tertiary/aromatic N) is 1. The normalized spacial score (nSPS) is 17.1. The number of hydrogen-bond donors (Lipinski definition) is 3. The number of hydrogen-bond acceptors (Lipinski definition) is 4. The smallest absolute Gasteiger partial charge is 0.238 e. The van der Waals surface area contributed by atoms with E-state index in [-0.39, 0.29) is 19.1 Å². The van der Waals surface area contributed by atoms with Crippen LogP contribution in [-0.4, -0.2) is 52.2 Å². The molecule has 2 atom stereocenters. The Morgan fingerprint density at radius 1 is 0.839 bits per heavy atom. The fourth-order valence-corrected chi connectivity index (χ4v) is 4.70. The number of aliphatic hydroxyl groups is 2. The second-order valence-corrected chi connectivity index (χ2v) is 8.42. The molecule has 31 heavy (non-hydrogen) atoms. The van der Waals surface area contributed by atoms with E-state index >= 15 is 0 Å². The monoisotopic (exact) mass is 424 g/mol. The summed E-state index contributed by atoms with van der Waals surface area (Å²) < 4.78 is 0. The number of aliphatic hydroxyl groups excluding tert-OH is 2. The van der Waals surface area contributed by atoms with Crippen LogP contribution in [0.3, 0.4) is 0 Å². The molecule has 166 valence electrons. The minimum Gasteiger partial charge on any atom is -0.394 e. The number of amides is 2. The Labute approximate surface area is 183 Å². The van der Waals surface area contributed by atoms with Gasteiger partial charge in [0.1, 0.15) is 5.41 Å². The van der Waals surface area contributed by atoms with Gasteiger partial charge >= 0.3 is 0 Å².